The van der Waals surface area contributed by atoms with Gasteiger partial charge in [0.05, 0.1) is 7.11 Å². The second-order valence-electron chi connectivity index (χ2n) is 8.66. The number of ketones is 1. The van der Waals surface area contributed by atoms with Crippen LogP contribution in [0, 0.1) is 5.92 Å². The second-order valence-corrected chi connectivity index (χ2v) is 9.58. The summed E-state index contributed by atoms with van der Waals surface area (Å²) in [6, 6.07) is 10.1. The van der Waals surface area contributed by atoms with Gasteiger partial charge in [-0.1, -0.05) is 25.1 Å². The topological polar surface area (TPSA) is 90.0 Å². The number of hydrogen-bond acceptors (Lipinski definition) is 7. The summed E-state index contributed by atoms with van der Waals surface area (Å²) in [4.78, 5) is 15.4. The summed E-state index contributed by atoms with van der Waals surface area (Å²) in [5.41, 5.74) is 3.38. The molecule has 2 heterocycles. The fraction of sp³-hybridized carbons (Fsp3) is 0.393. The van der Waals surface area contributed by atoms with E-state index in [-0.39, 0.29) is 24.6 Å². The molecule has 0 spiro atoms. The number of Topliss-reactive ketones (excluding diaryl/α,β-unsaturated/α-hetero) is 1. The first kappa shape index (κ1) is 27.7. The Balaban J connectivity index is 0.000000221. The van der Waals surface area contributed by atoms with Gasteiger partial charge in [-0.05, 0) is 53.1 Å². The number of nitrogens with one attached hydrogen (secondary N) is 1. The number of thiophene rings is 1. The Kier molecular flexibility index (Phi) is 10.3. The number of benzene rings is 1. The molecule has 1 aliphatic rings. The minimum atomic E-state index is -0.271. The third-order valence-electron chi connectivity index (χ3n) is 5.94. The smallest absolute Gasteiger partial charge is 0.173 e. The lowest BCUT2D eigenvalue weighted by Gasteiger charge is -2.28. The molecule has 0 saturated carbocycles. The first-order valence-electron chi connectivity index (χ1n) is 11.8. The Bertz CT molecular complexity index is 1190. The van der Waals surface area contributed by atoms with Crippen LogP contribution in [0.25, 0.3) is 10.9 Å². The molecule has 7 nitrogen and oxygen atoms in total. The van der Waals surface area contributed by atoms with E-state index in [4.69, 9.17) is 24.1 Å². The van der Waals surface area contributed by atoms with E-state index in [0.29, 0.717) is 28.9 Å². The van der Waals surface area contributed by atoms with E-state index in [9.17, 15) is 4.79 Å². The van der Waals surface area contributed by atoms with E-state index in [1.807, 2.05) is 35.9 Å². The number of aromatic amines is 1. The van der Waals surface area contributed by atoms with E-state index < -0.39 is 0 Å². The molecule has 3 unspecified atom stereocenters. The van der Waals surface area contributed by atoms with E-state index in [1.165, 1.54) is 34.7 Å². The summed E-state index contributed by atoms with van der Waals surface area (Å²) in [6.07, 6.45) is 6.28. The van der Waals surface area contributed by atoms with Crippen molar-refractivity contribution in [2.75, 3.05) is 34.5 Å². The Morgan fingerprint density at radius 1 is 1.17 bits per heavy atom. The molecule has 0 radical (unpaired) electrons. The standard InChI is InChI=1S/C16H20O5S.C12H15NO/c1-10(17)16-12(5-6-22-16)21-9-11-7-13(18-2)15(20-4)14(8-11)19-3;1-9(8-14)6-10-7-13-12-5-3-2-4-11(10)12/h5-8,13,15H,9H2,1-4H3;2-5,7,9,13-14H,6,8H2,1H3. The Morgan fingerprint density at radius 2 is 1.94 bits per heavy atom. The number of H-pyrrole nitrogens is 1. The number of carbonyl (C=O) groups excluding carboxylic acids is 1. The minimum Gasteiger partial charge on any atom is -0.498 e. The molecule has 4 rings (SSSR count). The van der Waals surface area contributed by atoms with Crippen LogP contribution < -0.4 is 4.74 Å². The average Bonchev–Trinajstić information content (AvgIpc) is 3.54. The number of para-hydroxylation sites is 1. The lowest BCUT2D eigenvalue weighted by atomic mass is 10.0. The monoisotopic (exact) mass is 513 g/mol. The fourth-order valence-corrected chi connectivity index (χ4v) is 4.79. The number of hydrogen-bond donors (Lipinski definition) is 2. The van der Waals surface area contributed by atoms with Gasteiger partial charge < -0.3 is 29.0 Å². The van der Waals surface area contributed by atoms with E-state index in [1.54, 1.807) is 27.4 Å². The van der Waals surface area contributed by atoms with Gasteiger partial charge in [0.2, 0.25) is 0 Å². The Hall–Kier alpha value is -2.91. The highest BCUT2D eigenvalue weighted by molar-refractivity contribution is 7.12. The molecule has 194 valence electrons. The number of aliphatic hydroxyl groups excluding tert-OH is 1. The maximum Gasteiger partial charge on any atom is 0.173 e. The number of aliphatic hydroxyl groups is 1. The van der Waals surface area contributed by atoms with Crippen LogP contribution in [0.2, 0.25) is 0 Å². The van der Waals surface area contributed by atoms with Crippen molar-refractivity contribution in [1.82, 2.24) is 4.98 Å². The van der Waals surface area contributed by atoms with Crippen LogP contribution in [0.15, 0.2) is 65.4 Å². The first-order chi connectivity index (χ1) is 17.4. The Morgan fingerprint density at radius 3 is 2.61 bits per heavy atom. The van der Waals surface area contributed by atoms with Crippen molar-refractivity contribution >= 4 is 28.0 Å². The molecule has 0 saturated heterocycles. The highest BCUT2D eigenvalue weighted by Crippen LogP contribution is 2.28. The van der Waals surface area contributed by atoms with E-state index in [2.05, 4.69) is 24.0 Å². The third kappa shape index (κ3) is 6.85. The van der Waals surface area contributed by atoms with Crippen molar-refractivity contribution in [1.29, 1.82) is 0 Å². The van der Waals surface area contributed by atoms with Crippen molar-refractivity contribution in [2.24, 2.45) is 5.92 Å². The van der Waals surface area contributed by atoms with Gasteiger partial charge in [0.25, 0.3) is 0 Å². The number of aromatic nitrogens is 1. The molecule has 8 heteroatoms. The number of rotatable bonds is 10. The van der Waals surface area contributed by atoms with Gasteiger partial charge in [-0.2, -0.15) is 0 Å². The molecule has 0 bridgehead atoms. The predicted octanol–water partition coefficient (Wildman–Crippen LogP) is 5.17. The molecular formula is C28H35NO6S. The lowest BCUT2D eigenvalue weighted by molar-refractivity contribution is -0.0193. The SMILES string of the molecule is CC(CO)Cc1c[nH]c2ccccc12.COC1=CC(COc2ccsc2C(C)=O)=CC(OC)C1OC. The molecular weight excluding hydrogens is 478 g/mol. The highest BCUT2D eigenvalue weighted by atomic mass is 32.1. The normalized spacial score (nSPS) is 18.1. The molecule has 0 fully saturated rings. The molecule has 0 aliphatic heterocycles. The van der Waals surface area contributed by atoms with Gasteiger partial charge in [-0.3, -0.25) is 4.79 Å². The maximum absolute atomic E-state index is 11.5. The number of carbonyl (C=O) groups is 1. The summed E-state index contributed by atoms with van der Waals surface area (Å²) < 4.78 is 21.9. The van der Waals surface area contributed by atoms with Crippen LogP contribution in [0.4, 0.5) is 0 Å². The molecule has 36 heavy (non-hydrogen) atoms. The van der Waals surface area contributed by atoms with Crippen LogP contribution in [-0.4, -0.2) is 62.6 Å². The first-order valence-corrected chi connectivity index (χ1v) is 12.7. The summed E-state index contributed by atoms with van der Waals surface area (Å²) in [6.45, 7) is 4.17. The van der Waals surface area contributed by atoms with Crippen molar-refractivity contribution in [3.8, 4) is 5.75 Å². The largest absolute Gasteiger partial charge is 0.498 e. The third-order valence-corrected chi connectivity index (χ3v) is 6.94. The highest BCUT2D eigenvalue weighted by Gasteiger charge is 2.28. The summed E-state index contributed by atoms with van der Waals surface area (Å²) >= 11 is 1.38. The number of fused-ring (bicyclic) bond motifs is 1. The van der Waals surface area contributed by atoms with Gasteiger partial charge in [0.15, 0.2) is 5.78 Å². The zero-order valence-electron chi connectivity index (χ0n) is 21.4. The molecule has 2 aromatic heterocycles. The van der Waals surface area contributed by atoms with E-state index in [0.717, 1.165) is 12.0 Å². The number of methoxy groups -OCH3 is 3. The van der Waals surface area contributed by atoms with Crippen molar-refractivity contribution in [3.05, 3.63) is 75.8 Å². The molecule has 1 aromatic carbocycles. The molecule has 1 aliphatic carbocycles. The summed E-state index contributed by atoms with van der Waals surface area (Å²) in [5, 5.41) is 12.1. The van der Waals surface area contributed by atoms with Crippen molar-refractivity contribution < 1.29 is 28.8 Å². The van der Waals surface area contributed by atoms with Gasteiger partial charge >= 0.3 is 0 Å². The fourth-order valence-electron chi connectivity index (χ4n) is 4.05. The van der Waals surface area contributed by atoms with Crippen LogP contribution >= 0.6 is 11.3 Å². The molecule has 3 aromatic rings. The van der Waals surface area contributed by atoms with Gasteiger partial charge in [-0.15, -0.1) is 11.3 Å². The quantitative estimate of drug-likeness (QED) is 0.364. The second kappa shape index (κ2) is 13.4. The van der Waals surface area contributed by atoms with Crippen LogP contribution in [0.3, 0.4) is 0 Å². The van der Waals surface area contributed by atoms with Crippen molar-refractivity contribution in [2.45, 2.75) is 32.5 Å². The average molecular weight is 514 g/mol. The van der Waals surface area contributed by atoms with E-state index >= 15 is 0 Å². The van der Waals surface area contributed by atoms with Crippen LogP contribution in [-0.2, 0) is 20.6 Å². The van der Waals surface area contributed by atoms with Gasteiger partial charge in [0, 0.05) is 44.8 Å². The van der Waals surface area contributed by atoms with Gasteiger partial charge in [0.1, 0.15) is 35.2 Å². The number of ether oxygens (including phenoxy) is 4. The molecule has 0 amide bonds. The van der Waals surface area contributed by atoms with Gasteiger partial charge in [-0.25, -0.2) is 0 Å². The maximum atomic E-state index is 11.5. The predicted molar refractivity (Wildman–Crippen MR) is 143 cm³/mol. The zero-order valence-corrected chi connectivity index (χ0v) is 22.3. The van der Waals surface area contributed by atoms with Crippen LogP contribution in [0.5, 0.6) is 5.75 Å². The van der Waals surface area contributed by atoms with Crippen LogP contribution in [0.1, 0.15) is 29.1 Å². The lowest BCUT2D eigenvalue weighted by Crippen LogP contribution is -2.34. The summed E-state index contributed by atoms with van der Waals surface area (Å²) in [5.74, 6) is 1.63. The zero-order chi connectivity index (χ0) is 26.1. The van der Waals surface area contributed by atoms with Crippen molar-refractivity contribution in [3.63, 3.8) is 0 Å². The summed E-state index contributed by atoms with van der Waals surface area (Å²) in [7, 11) is 4.83. The molecule has 2 N–H and O–H groups in total. The Labute approximate surface area is 216 Å². The molecule has 3 atom stereocenters. The minimum absolute atomic E-state index is 0.00459.